The van der Waals surface area contributed by atoms with Crippen molar-refractivity contribution in [1.82, 2.24) is 9.97 Å². The Hall–Kier alpha value is -9.84. The maximum absolute atomic E-state index is 6.01. The van der Waals surface area contributed by atoms with Crippen LogP contribution in [0.15, 0.2) is 249 Å². The normalized spacial score (nSPS) is 13.3. The summed E-state index contributed by atoms with van der Waals surface area (Å²) in [5.74, 6) is 0.641. The molecule has 0 saturated carbocycles. The first-order valence-electron chi connectivity index (χ1n) is 35.6. The van der Waals surface area contributed by atoms with Gasteiger partial charge in [-0.15, -0.1) is 0 Å². The van der Waals surface area contributed by atoms with Gasteiger partial charge in [0.15, 0.2) is 5.82 Å². The molecule has 1 aromatic heterocycles. The Kier molecular flexibility index (Phi) is 16.5. The molecular formula is C94H95BN4. The lowest BCUT2D eigenvalue weighted by molar-refractivity contribution is 0.568. The van der Waals surface area contributed by atoms with E-state index in [2.05, 4.69) is 383 Å². The van der Waals surface area contributed by atoms with E-state index >= 15 is 0 Å². The Morgan fingerprint density at radius 2 is 0.515 bits per heavy atom. The Bertz CT molecular complexity index is 4570. The van der Waals surface area contributed by atoms with Crippen molar-refractivity contribution in [3.63, 3.8) is 0 Å². The minimum absolute atomic E-state index is 0.129. The van der Waals surface area contributed by atoms with Crippen molar-refractivity contribution in [2.24, 2.45) is 0 Å². The van der Waals surface area contributed by atoms with Crippen molar-refractivity contribution in [2.75, 3.05) is 9.80 Å². The molecule has 0 aliphatic carbocycles. The van der Waals surface area contributed by atoms with Gasteiger partial charge in [0.2, 0.25) is 0 Å². The highest BCUT2D eigenvalue weighted by atomic mass is 15.2. The summed E-state index contributed by atoms with van der Waals surface area (Å²) < 4.78 is 0. The van der Waals surface area contributed by atoms with Crippen molar-refractivity contribution in [3.8, 4) is 78.4 Å². The fourth-order valence-corrected chi connectivity index (χ4v) is 14.4. The lowest BCUT2D eigenvalue weighted by Crippen LogP contribution is -2.61. The van der Waals surface area contributed by atoms with Crippen LogP contribution in [-0.2, 0) is 32.5 Å². The highest BCUT2D eigenvalue weighted by Crippen LogP contribution is 2.51. The molecule has 12 aromatic rings. The standard InChI is InChI=1S/C94H95BN4/c1-89(2,3)71-39-41-79-83(57-71)98(77-53-73(91(7,8)9)51-74(54-77)92(10,11)12)85-49-69(50-86-87(85)95(79)80-42-40-72(90(4,5)6)58-84(80)99(86)78-55-75(93(13,14)15)52-76(56-78)94(16,17)18)82-59-81(68-45-64(60-31-23-19-24-32-60)43-65(46-68)61-33-25-20-26-34-61)96-88(97-82)70-47-66(62-35-27-21-28-36-62)44-67(48-70)63-37-29-22-30-38-63/h19-59H,1-18H3. The number of hydrogen-bond donors (Lipinski definition) is 0. The third-order valence-electron chi connectivity index (χ3n) is 20.5. The molecule has 0 atom stereocenters. The summed E-state index contributed by atoms with van der Waals surface area (Å²) >= 11 is 0. The topological polar surface area (TPSA) is 32.3 Å². The number of aromatic nitrogens is 2. The summed E-state index contributed by atoms with van der Waals surface area (Å²) in [5, 5.41) is 0. The van der Waals surface area contributed by atoms with Gasteiger partial charge in [0.25, 0.3) is 6.71 Å². The van der Waals surface area contributed by atoms with E-state index in [4.69, 9.17) is 9.97 Å². The van der Waals surface area contributed by atoms with Gasteiger partial charge < -0.3 is 9.80 Å². The zero-order chi connectivity index (χ0) is 69.9. The average molecular weight is 1290 g/mol. The van der Waals surface area contributed by atoms with Gasteiger partial charge in [-0.25, -0.2) is 9.97 Å². The number of benzene rings is 11. The summed E-state index contributed by atoms with van der Waals surface area (Å²) in [7, 11) is 0. The van der Waals surface area contributed by atoms with E-state index in [9.17, 15) is 0 Å². The fraction of sp³-hybridized carbons (Fsp3) is 0.255. The summed E-state index contributed by atoms with van der Waals surface area (Å²) in [6.45, 7) is 42.3. The fourth-order valence-electron chi connectivity index (χ4n) is 14.4. The molecule has 0 radical (unpaired) electrons. The number of rotatable bonds is 9. The predicted octanol–water partition coefficient (Wildman–Crippen LogP) is 24.0. The number of hydrogen-bond acceptors (Lipinski definition) is 4. The maximum Gasteiger partial charge on any atom is 0.252 e. The molecule has 4 nitrogen and oxygen atoms in total. The number of fused-ring (bicyclic) bond motifs is 4. The molecule has 0 saturated heterocycles. The van der Waals surface area contributed by atoms with Crippen molar-refractivity contribution in [1.29, 1.82) is 0 Å². The molecule has 99 heavy (non-hydrogen) atoms. The van der Waals surface area contributed by atoms with E-state index < -0.39 is 0 Å². The second-order valence-electron chi connectivity index (χ2n) is 34.1. The summed E-state index contributed by atoms with van der Waals surface area (Å²) in [4.78, 5) is 17.2. The third-order valence-corrected chi connectivity index (χ3v) is 20.5. The van der Waals surface area contributed by atoms with Crippen LogP contribution in [0.1, 0.15) is 158 Å². The van der Waals surface area contributed by atoms with Crippen LogP contribution in [0.25, 0.3) is 78.4 Å². The van der Waals surface area contributed by atoms with E-state index in [1.54, 1.807) is 0 Å². The van der Waals surface area contributed by atoms with Gasteiger partial charge in [-0.3, -0.25) is 0 Å². The van der Waals surface area contributed by atoms with Crippen LogP contribution in [0.3, 0.4) is 0 Å². The Morgan fingerprint density at radius 1 is 0.232 bits per heavy atom. The molecule has 0 bridgehead atoms. The van der Waals surface area contributed by atoms with Gasteiger partial charge in [0, 0.05) is 50.8 Å². The predicted molar refractivity (Wildman–Crippen MR) is 426 cm³/mol. The third kappa shape index (κ3) is 13.0. The molecule has 2 aliphatic rings. The van der Waals surface area contributed by atoms with Gasteiger partial charge in [-0.05, 0) is 218 Å². The highest BCUT2D eigenvalue weighted by Gasteiger charge is 2.45. The first kappa shape index (κ1) is 66.4. The lowest BCUT2D eigenvalue weighted by atomic mass is 9.33. The van der Waals surface area contributed by atoms with Gasteiger partial charge in [0.1, 0.15) is 0 Å². The molecule has 0 amide bonds. The zero-order valence-electron chi connectivity index (χ0n) is 61.5. The largest absolute Gasteiger partial charge is 0.311 e. The molecule has 0 unspecified atom stereocenters. The lowest BCUT2D eigenvalue weighted by Gasteiger charge is -2.45. The minimum Gasteiger partial charge on any atom is -0.311 e. The van der Waals surface area contributed by atoms with Gasteiger partial charge >= 0.3 is 0 Å². The number of nitrogens with zero attached hydrogens (tertiary/aromatic N) is 4. The van der Waals surface area contributed by atoms with Crippen LogP contribution in [0.4, 0.5) is 34.1 Å². The zero-order valence-corrected chi connectivity index (χ0v) is 61.5. The first-order chi connectivity index (χ1) is 46.8. The second kappa shape index (κ2) is 24.6. The molecule has 14 rings (SSSR count). The number of anilines is 6. The molecule has 2 aliphatic heterocycles. The molecule has 5 heteroatoms. The van der Waals surface area contributed by atoms with Crippen LogP contribution >= 0.6 is 0 Å². The van der Waals surface area contributed by atoms with E-state index in [-0.39, 0.29) is 39.2 Å². The Balaban J connectivity index is 1.16. The van der Waals surface area contributed by atoms with Crippen LogP contribution in [0.2, 0.25) is 0 Å². The van der Waals surface area contributed by atoms with Gasteiger partial charge in [0.05, 0.1) is 11.4 Å². The molecule has 0 N–H and O–H groups in total. The van der Waals surface area contributed by atoms with Crippen LogP contribution in [-0.4, -0.2) is 16.7 Å². The van der Waals surface area contributed by atoms with Crippen molar-refractivity contribution in [3.05, 3.63) is 282 Å². The van der Waals surface area contributed by atoms with Crippen molar-refractivity contribution in [2.45, 2.75) is 157 Å². The quantitative estimate of drug-likeness (QED) is 0.135. The average Bonchev–Trinajstić information content (AvgIpc) is 0.692. The minimum atomic E-state index is -0.154. The Morgan fingerprint density at radius 3 is 0.818 bits per heavy atom. The smallest absolute Gasteiger partial charge is 0.252 e. The van der Waals surface area contributed by atoms with E-state index in [0.717, 1.165) is 95.3 Å². The van der Waals surface area contributed by atoms with Crippen molar-refractivity contribution >= 4 is 57.2 Å². The first-order valence-corrected chi connectivity index (χ1v) is 35.6. The summed E-state index contributed by atoms with van der Waals surface area (Å²) in [5.41, 5.74) is 31.1. The molecule has 0 spiro atoms. The van der Waals surface area contributed by atoms with Gasteiger partial charge in [-0.1, -0.05) is 282 Å². The highest BCUT2D eigenvalue weighted by molar-refractivity contribution is 7.00. The SMILES string of the molecule is CC(C)(C)c1cc(N2c3cc(C(C)(C)C)ccc3B3c4ccc(C(C)(C)C)cc4N(c4cc(C(C)(C)C)cc(C(C)(C)C)c4)c4cc(-c5cc(-c6cc(-c7ccccc7)cc(-c7ccccc7)c6)nc(-c6cc(-c7ccccc7)cc(-c7ccccc7)c6)n5)cc2c43)cc(C(C)(C)C)c1. The molecule has 11 aromatic carbocycles. The second-order valence-corrected chi connectivity index (χ2v) is 34.1. The van der Waals surface area contributed by atoms with Crippen LogP contribution in [0, 0.1) is 0 Å². The Labute approximate surface area is 591 Å². The molecule has 3 heterocycles. The van der Waals surface area contributed by atoms with Crippen LogP contribution in [0.5, 0.6) is 0 Å². The summed E-state index contributed by atoms with van der Waals surface area (Å²) in [6, 6.07) is 93.9. The van der Waals surface area contributed by atoms with Crippen molar-refractivity contribution < 1.29 is 0 Å². The van der Waals surface area contributed by atoms with E-state index in [1.165, 1.54) is 61.1 Å². The van der Waals surface area contributed by atoms with E-state index in [0.29, 0.717) is 5.82 Å². The molecular weight excluding hydrogens is 1200 g/mol. The van der Waals surface area contributed by atoms with Crippen LogP contribution < -0.4 is 26.2 Å². The molecule has 0 fully saturated rings. The molecule has 494 valence electrons. The summed E-state index contributed by atoms with van der Waals surface area (Å²) in [6.07, 6.45) is 0. The monoisotopic (exact) mass is 1290 g/mol. The maximum atomic E-state index is 6.01. The van der Waals surface area contributed by atoms with Gasteiger partial charge in [-0.2, -0.15) is 0 Å². The van der Waals surface area contributed by atoms with E-state index in [1.807, 2.05) is 0 Å².